The molecule has 1 unspecified atom stereocenters. The molecule has 0 aromatic rings. The van der Waals surface area contributed by atoms with Gasteiger partial charge in [-0.05, 0) is 45.4 Å². The number of ether oxygens (including phenoxy) is 1. The number of nitrogens with zero attached hydrogens (tertiary/aromatic N) is 1. The number of hydrogen-bond donors (Lipinski definition) is 0. The van der Waals surface area contributed by atoms with Gasteiger partial charge in [0, 0.05) is 13.1 Å². The number of carbonyl (C=O) groups is 1. The number of hydrogen-bond acceptors (Lipinski definition) is 2. The first-order valence-electron chi connectivity index (χ1n) is 6.76. The van der Waals surface area contributed by atoms with Crippen LogP contribution in [-0.4, -0.2) is 29.7 Å². The van der Waals surface area contributed by atoms with Gasteiger partial charge in [0.15, 0.2) is 0 Å². The first kappa shape index (κ1) is 14.3. The molecule has 1 aliphatic heterocycles. The fraction of sp³-hybridized carbons (Fsp3) is 0.929. The summed E-state index contributed by atoms with van der Waals surface area (Å²) in [5.41, 5.74) is -0.382. The smallest absolute Gasteiger partial charge is 0.410 e. The average Bonchev–Trinajstić information content (AvgIpc) is 2.60. The quantitative estimate of drug-likeness (QED) is 0.754. The van der Waals surface area contributed by atoms with Crippen LogP contribution in [0.5, 0.6) is 0 Å². The summed E-state index contributed by atoms with van der Waals surface area (Å²) in [6.07, 6.45) is 3.47. The van der Waals surface area contributed by atoms with E-state index in [9.17, 15) is 4.79 Å². The van der Waals surface area contributed by atoms with E-state index in [-0.39, 0.29) is 11.7 Å². The molecule has 17 heavy (non-hydrogen) atoms. The van der Waals surface area contributed by atoms with Gasteiger partial charge >= 0.3 is 6.09 Å². The van der Waals surface area contributed by atoms with Gasteiger partial charge in [0.1, 0.15) is 5.60 Å². The third kappa shape index (κ3) is 5.42. The minimum Gasteiger partial charge on any atom is -0.444 e. The predicted molar refractivity (Wildman–Crippen MR) is 70.0 cm³/mol. The van der Waals surface area contributed by atoms with Crippen molar-refractivity contribution >= 4 is 6.09 Å². The zero-order valence-corrected chi connectivity index (χ0v) is 12.0. The van der Waals surface area contributed by atoms with Crippen molar-refractivity contribution in [3.8, 4) is 0 Å². The molecule has 1 amide bonds. The maximum Gasteiger partial charge on any atom is 0.410 e. The van der Waals surface area contributed by atoms with Gasteiger partial charge < -0.3 is 9.64 Å². The van der Waals surface area contributed by atoms with Crippen molar-refractivity contribution in [2.24, 2.45) is 11.8 Å². The van der Waals surface area contributed by atoms with E-state index in [1.807, 2.05) is 25.7 Å². The first-order valence-corrected chi connectivity index (χ1v) is 6.76. The molecule has 0 radical (unpaired) electrons. The van der Waals surface area contributed by atoms with E-state index in [1.54, 1.807) is 0 Å². The summed E-state index contributed by atoms with van der Waals surface area (Å²) in [5.74, 6) is 1.43. The van der Waals surface area contributed by atoms with E-state index in [0.717, 1.165) is 25.4 Å². The molecule has 1 atom stereocenters. The van der Waals surface area contributed by atoms with Crippen LogP contribution in [0.2, 0.25) is 0 Å². The summed E-state index contributed by atoms with van der Waals surface area (Å²) in [6, 6.07) is 0. The highest BCUT2D eigenvalue weighted by Gasteiger charge is 2.29. The Kier molecular flexibility index (Phi) is 4.84. The molecular formula is C14H27NO2. The number of amides is 1. The van der Waals surface area contributed by atoms with Gasteiger partial charge in [-0.1, -0.05) is 20.3 Å². The minimum atomic E-state index is -0.382. The number of carbonyl (C=O) groups excluding carboxylic acids is 1. The maximum absolute atomic E-state index is 11.8. The summed E-state index contributed by atoms with van der Waals surface area (Å²) in [5, 5.41) is 0. The summed E-state index contributed by atoms with van der Waals surface area (Å²) in [7, 11) is 0. The van der Waals surface area contributed by atoms with Gasteiger partial charge in [0.05, 0.1) is 0 Å². The van der Waals surface area contributed by atoms with Crippen molar-refractivity contribution in [3.63, 3.8) is 0 Å². The van der Waals surface area contributed by atoms with Crippen LogP contribution in [0.25, 0.3) is 0 Å². The lowest BCUT2D eigenvalue weighted by molar-refractivity contribution is 0.0287. The highest BCUT2D eigenvalue weighted by atomic mass is 16.6. The Bertz CT molecular complexity index is 255. The highest BCUT2D eigenvalue weighted by molar-refractivity contribution is 5.68. The molecule has 1 rings (SSSR count). The van der Waals surface area contributed by atoms with Crippen LogP contribution in [0.1, 0.15) is 53.9 Å². The van der Waals surface area contributed by atoms with E-state index in [4.69, 9.17) is 4.74 Å². The Morgan fingerprint density at radius 1 is 1.41 bits per heavy atom. The predicted octanol–water partition coefficient (Wildman–Crippen LogP) is 3.68. The summed E-state index contributed by atoms with van der Waals surface area (Å²) >= 11 is 0. The fourth-order valence-electron chi connectivity index (χ4n) is 2.13. The Morgan fingerprint density at radius 2 is 2.06 bits per heavy atom. The molecule has 3 heteroatoms. The molecule has 0 saturated carbocycles. The maximum atomic E-state index is 11.8. The Balaban J connectivity index is 2.32. The van der Waals surface area contributed by atoms with Gasteiger partial charge in [-0.2, -0.15) is 0 Å². The van der Waals surface area contributed by atoms with E-state index in [2.05, 4.69) is 13.8 Å². The lowest BCUT2D eigenvalue weighted by Crippen LogP contribution is -2.35. The second kappa shape index (κ2) is 5.74. The van der Waals surface area contributed by atoms with Crippen molar-refractivity contribution in [2.75, 3.05) is 13.1 Å². The van der Waals surface area contributed by atoms with Crippen LogP contribution < -0.4 is 0 Å². The van der Waals surface area contributed by atoms with Gasteiger partial charge in [0.25, 0.3) is 0 Å². The monoisotopic (exact) mass is 241 g/mol. The molecule has 0 aromatic heterocycles. The molecule has 0 N–H and O–H groups in total. The van der Waals surface area contributed by atoms with Crippen LogP contribution in [0.15, 0.2) is 0 Å². The molecule has 0 spiro atoms. The molecule has 1 fully saturated rings. The topological polar surface area (TPSA) is 29.5 Å². The fourth-order valence-corrected chi connectivity index (χ4v) is 2.13. The van der Waals surface area contributed by atoms with Gasteiger partial charge in [-0.25, -0.2) is 4.79 Å². The molecule has 0 aromatic carbocycles. The largest absolute Gasteiger partial charge is 0.444 e. The van der Waals surface area contributed by atoms with E-state index in [0.29, 0.717) is 5.92 Å². The lowest BCUT2D eigenvalue weighted by Gasteiger charge is -2.24. The zero-order valence-electron chi connectivity index (χ0n) is 12.0. The summed E-state index contributed by atoms with van der Waals surface area (Å²) in [4.78, 5) is 13.7. The van der Waals surface area contributed by atoms with Crippen molar-refractivity contribution in [1.29, 1.82) is 0 Å². The first-order chi connectivity index (χ1) is 7.78. The molecule has 1 saturated heterocycles. The second-order valence-electron chi connectivity index (χ2n) is 6.55. The molecule has 0 aliphatic carbocycles. The van der Waals surface area contributed by atoms with E-state index in [1.165, 1.54) is 12.8 Å². The standard InChI is InChI=1S/C14H27NO2/c1-11(2)6-7-12-8-9-15(10-12)13(16)17-14(3,4)5/h11-12H,6-10H2,1-5H3. The highest BCUT2D eigenvalue weighted by Crippen LogP contribution is 2.24. The van der Waals surface area contributed by atoms with E-state index < -0.39 is 0 Å². The van der Waals surface area contributed by atoms with Crippen LogP contribution >= 0.6 is 0 Å². The van der Waals surface area contributed by atoms with E-state index >= 15 is 0 Å². The number of rotatable bonds is 3. The van der Waals surface area contributed by atoms with Crippen molar-refractivity contribution < 1.29 is 9.53 Å². The Hall–Kier alpha value is -0.730. The molecule has 0 bridgehead atoms. The summed E-state index contributed by atoms with van der Waals surface area (Å²) in [6.45, 7) is 12.0. The third-order valence-corrected chi connectivity index (χ3v) is 3.09. The SMILES string of the molecule is CC(C)CCC1CCN(C(=O)OC(C)(C)C)C1. The number of likely N-dealkylation sites (tertiary alicyclic amines) is 1. The Labute approximate surface area is 106 Å². The molecule has 3 nitrogen and oxygen atoms in total. The second-order valence-corrected chi connectivity index (χ2v) is 6.55. The van der Waals surface area contributed by atoms with Crippen molar-refractivity contribution in [2.45, 2.75) is 59.5 Å². The van der Waals surface area contributed by atoms with Crippen LogP contribution in [0.4, 0.5) is 4.79 Å². The molecule has 1 aliphatic rings. The lowest BCUT2D eigenvalue weighted by atomic mass is 9.97. The molecule has 100 valence electrons. The third-order valence-electron chi connectivity index (χ3n) is 3.09. The van der Waals surface area contributed by atoms with Crippen LogP contribution in [0, 0.1) is 11.8 Å². The molecular weight excluding hydrogens is 214 g/mol. The minimum absolute atomic E-state index is 0.149. The van der Waals surface area contributed by atoms with Crippen molar-refractivity contribution in [3.05, 3.63) is 0 Å². The van der Waals surface area contributed by atoms with Gasteiger partial charge in [-0.3, -0.25) is 0 Å². The van der Waals surface area contributed by atoms with Gasteiger partial charge in [-0.15, -0.1) is 0 Å². The Morgan fingerprint density at radius 3 is 2.59 bits per heavy atom. The van der Waals surface area contributed by atoms with Crippen LogP contribution in [-0.2, 0) is 4.74 Å². The normalized spacial score (nSPS) is 21.1. The van der Waals surface area contributed by atoms with Crippen molar-refractivity contribution in [1.82, 2.24) is 4.90 Å². The van der Waals surface area contributed by atoms with Crippen LogP contribution in [0.3, 0.4) is 0 Å². The average molecular weight is 241 g/mol. The summed E-state index contributed by atoms with van der Waals surface area (Å²) < 4.78 is 5.38. The van der Waals surface area contributed by atoms with Gasteiger partial charge in [0.2, 0.25) is 0 Å². The zero-order chi connectivity index (χ0) is 13.1. The molecule has 1 heterocycles.